The number of benzene rings is 1. The molecule has 1 aliphatic heterocycles. The maximum atomic E-state index is 11.9. The number of thiazole rings is 1. The number of carbonyl (C=O) groups is 1. The fourth-order valence-corrected chi connectivity index (χ4v) is 3.43. The molecule has 1 N–H and O–H groups in total. The third-order valence-corrected chi connectivity index (χ3v) is 4.83. The monoisotopic (exact) mass is 331 g/mol. The normalized spacial score (nSPS) is 17.9. The third kappa shape index (κ3) is 3.03. The van der Waals surface area contributed by atoms with Gasteiger partial charge in [0.2, 0.25) is 0 Å². The van der Waals surface area contributed by atoms with E-state index >= 15 is 0 Å². The van der Waals surface area contributed by atoms with Gasteiger partial charge in [0.1, 0.15) is 6.04 Å². The number of aryl methyl sites for hydroxylation is 1. The van der Waals surface area contributed by atoms with E-state index in [9.17, 15) is 4.79 Å². The second-order valence-corrected chi connectivity index (χ2v) is 6.81. The molecule has 22 heavy (non-hydrogen) atoms. The molecule has 0 bridgehead atoms. The molecular weight excluding hydrogens is 314 g/mol. The minimum Gasteiger partial charge on any atom is -0.351 e. The molecule has 0 spiro atoms. The Balaban J connectivity index is 1.64. The number of thiocarbonyl (C=S) groups is 1. The topological polar surface area (TPSA) is 45.2 Å². The number of aromatic nitrogens is 1. The number of amides is 1. The summed E-state index contributed by atoms with van der Waals surface area (Å²) in [4.78, 5) is 18.1. The second-order valence-electron chi connectivity index (χ2n) is 5.36. The van der Waals surface area contributed by atoms with Crippen molar-refractivity contribution in [3.05, 3.63) is 40.2 Å². The molecule has 0 aliphatic carbocycles. The SMILES string of the molecule is Cc1nc(-c2ccc(CCN3C(=O)[C@H](C)NC3=S)cc2)cs1. The Labute approximate surface area is 139 Å². The van der Waals surface area contributed by atoms with Gasteiger partial charge < -0.3 is 5.32 Å². The summed E-state index contributed by atoms with van der Waals surface area (Å²) in [5, 5.41) is 6.66. The van der Waals surface area contributed by atoms with Crippen LogP contribution in [0.1, 0.15) is 17.5 Å². The molecule has 1 saturated heterocycles. The highest BCUT2D eigenvalue weighted by Crippen LogP contribution is 2.22. The van der Waals surface area contributed by atoms with E-state index in [1.807, 2.05) is 13.8 Å². The lowest BCUT2D eigenvalue weighted by atomic mass is 10.1. The van der Waals surface area contributed by atoms with Gasteiger partial charge in [-0.05, 0) is 38.0 Å². The summed E-state index contributed by atoms with van der Waals surface area (Å²) in [7, 11) is 0. The van der Waals surface area contributed by atoms with Crippen LogP contribution in [0.3, 0.4) is 0 Å². The van der Waals surface area contributed by atoms with Crippen LogP contribution in [-0.4, -0.2) is 33.5 Å². The molecule has 1 aromatic carbocycles. The van der Waals surface area contributed by atoms with Crippen molar-refractivity contribution in [3.8, 4) is 11.3 Å². The maximum Gasteiger partial charge on any atom is 0.251 e. The summed E-state index contributed by atoms with van der Waals surface area (Å²) in [6.45, 7) is 4.46. The van der Waals surface area contributed by atoms with E-state index in [4.69, 9.17) is 12.2 Å². The fourth-order valence-electron chi connectivity index (χ4n) is 2.45. The van der Waals surface area contributed by atoms with Crippen LogP contribution in [0.2, 0.25) is 0 Å². The van der Waals surface area contributed by atoms with Gasteiger partial charge in [0, 0.05) is 17.5 Å². The molecule has 3 rings (SSSR count). The summed E-state index contributed by atoms with van der Waals surface area (Å²) >= 11 is 6.84. The number of nitrogens with zero attached hydrogens (tertiary/aromatic N) is 2. The van der Waals surface area contributed by atoms with Crippen molar-refractivity contribution in [2.24, 2.45) is 0 Å². The van der Waals surface area contributed by atoms with Crippen molar-refractivity contribution in [1.82, 2.24) is 15.2 Å². The number of nitrogens with one attached hydrogen (secondary N) is 1. The molecule has 1 atom stereocenters. The smallest absolute Gasteiger partial charge is 0.251 e. The van der Waals surface area contributed by atoms with Gasteiger partial charge in [-0.3, -0.25) is 9.69 Å². The number of rotatable bonds is 4. The Morgan fingerprint density at radius 1 is 1.36 bits per heavy atom. The Kier molecular flexibility index (Phi) is 4.22. The highest BCUT2D eigenvalue weighted by Gasteiger charge is 2.31. The minimum absolute atomic E-state index is 0.0552. The first kappa shape index (κ1) is 15.1. The van der Waals surface area contributed by atoms with Gasteiger partial charge >= 0.3 is 0 Å². The predicted octanol–water partition coefficient (Wildman–Crippen LogP) is 2.77. The zero-order chi connectivity index (χ0) is 15.7. The first-order valence-corrected chi connectivity index (χ1v) is 8.46. The highest BCUT2D eigenvalue weighted by atomic mass is 32.1. The van der Waals surface area contributed by atoms with E-state index in [0.29, 0.717) is 11.7 Å². The van der Waals surface area contributed by atoms with Crippen molar-refractivity contribution in [3.63, 3.8) is 0 Å². The molecule has 4 nitrogen and oxygen atoms in total. The molecule has 114 valence electrons. The molecule has 0 radical (unpaired) electrons. The molecule has 6 heteroatoms. The largest absolute Gasteiger partial charge is 0.351 e. The molecule has 2 aromatic rings. The third-order valence-electron chi connectivity index (χ3n) is 3.71. The van der Waals surface area contributed by atoms with Gasteiger partial charge in [-0.2, -0.15) is 0 Å². The first-order valence-electron chi connectivity index (χ1n) is 7.18. The molecule has 1 fully saturated rings. The predicted molar refractivity (Wildman–Crippen MR) is 92.9 cm³/mol. The molecule has 1 aliphatic rings. The summed E-state index contributed by atoms with van der Waals surface area (Å²) in [5.74, 6) is 0.0552. The van der Waals surface area contributed by atoms with E-state index in [0.717, 1.165) is 22.7 Å². The summed E-state index contributed by atoms with van der Waals surface area (Å²) in [6, 6.07) is 8.13. The Morgan fingerprint density at radius 3 is 2.64 bits per heavy atom. The fraction of sp³-hybridized carbons (Fsp3) is 0.312. The van der Waals surface area contributed by atoms with E-state index in [1.165, 1.54) is 5.56 Å². The van der Waals surface area contributed by atoms with Gasteiger partial charge in [-0.15, -0.1) is 11.3 Å². The molecule has 1 aromatic heterocycles. The lowest BCUT2D eigenvalue weighted by molar-refractivity contribution is -0.126. The number of hydrogen-bond donors (Lipinski definition) is 1. The molecule has 0 saturated carbocycles. The molecule has 0 unspecified atom stereocenters. The van der Waals surface area contributed by atoms with Crippen LogP contribution in [0.25, 0.3) is 11.3 Å². The van der Waals surface area contributed by atoms with Crippen molar-refractivity contribution < 1.29 is 4.79 Å². The van der Waals surface area contributed by atoms with Gasteiger partial charge in [0.25, 0.3) is 5.91 Å². The standard InChI is InChI=1S/C16H17N3OS2/c1-10-15(20)19(16(21)17-10)8-7-12-3-5-13(6-4-12)14-9-22-11(2)18-14/h3-6,9-10H,7-8H2,1-2H3,(H,17,21)/t10-/m0/s1. The van der Waals surface area contributed by atoms with Crippen molar-refractivity contribution in [2.45, 2.75) is 26.3 Å². The van der Waals surface area contributed by atoms with E-state index in [1.54, 1.807) is 16.2 Å². The molecule has 2 heterocycles. The van der Waals surface area contributed by atoms with Crippen molar-refractivity contribution in [1.29, 1.82) is 0 Å². The Hall–Kier alpha value is -1.79. The van der Waals surface area contributed by atoms with E-state index in [-0.39, 0.29) is 11.9 Å². The van der Waals surface area contributed by atoms with Gasteiger partial charge in [-0.25, -0.2) is 4.98 Å². The summed E-state index contributed by atoms with van der Waals surface area (Å²) in [5.41, 5.74) is 3.32. The Morgan fingerprint density at radius 2 is 2.09 bits per heavy atom. The van der Waals surface area contributed by atoms with Crippen LogP contribution in [0, 0.1) is 6.92 Å². The average molecular weight is 331 g/mol. The van der Waals surface area contributed by atoms with Crippen LogP contribution < -0.4 is 5.32 Å². The summed E-state index contributed by atoms with van der Waals surface area (Å²) in [6.07, 6.45) is 0.788. The van der Waals surface area contributed by atoms with E-state index < -0.39 is 0 Å². The number of hydrogen-bond acceptors (Lipinski definition) is 4. The van der Waals surface area contributed by atoms with Gasteiger partial charge in [-0.1, -0.05) is 24.3 Å². The lowest BCUT2D eigenvalue weighted by Gasteiger charge is -2.14. The summed E-state index contributed by atoms with van der Waals surface area (Å²) < 4.78 is 0. The highest BCUT2D eigenvalue weighted by molar-refractivity contribution is 7.80. The zero-order valence-electron chi connectivity index (χ0n) is 12.5. The van der Waals surface area contributed by atoms with Crippen LogP contribution >= 0.6 is 23.6 Å². The van der Waals surface area contributed by atoms with Crippen LogP contribution in [0.4, 0.5) is 0 Å². The average Bonchev–Trinajstić information content (AvgIpc) is 3.03. The molecular formula is C16H17N3OS2. The minimum atomic E-state index is -0.206. The quantitative estimate of drug-likeness (QED) is 0.875. The van der Waals surface area contributed by atoms with Gasteiger partial charge in [0.05, 0.1) is 10.7 Å². The van der Waals surface area contributed by atoms with E-state index in [2.05, 4.69) is 39.9 Å². The number of carbonyl (C=O) groups excluding carboxylic acids is 1. The lowest BCUT2D eigenvalue weighted by Crippen LogP contribution is -2.32. The molecule has 1 amide bonds. The van der Waals surface area contributed by atoms with Gasteiger partial charge in [0.15, 0.2) is 5.11 Å². The Bertz CT molecular complexity index is 708. The van der Waals surface area contributed by atoms with Crippen molar-refractivity contribution in [2.75, 3.05) is 6.54 Å². The van der Waals surface area contributed by atoms with Crippen LogP contribution in [-0.2, 0) is 11.2 Å². The van der Waals surface area contributed by atoms with Crippen LogP contribution in [0.15, 0.2) is 29.6 Å². The first-order chi connectivity index (χ1) is 10.5. The second kappa shape index (κ2) is 6.14. The zero-order valence-corrected chi connectivity index (χ0v) is 14.1. The van der Waals surface area contributed by atoms with Crippen molar-refractivity contribution >= 4 is 34.6 Å². The maximum absolute atomic E-state index is 11.9. The van der Waals surface area contributed by atoms with Crippen LogP contribution in [0.5, 0.6) is 0 Å².